The van der Waals surface area contributed by atoms with E-state index >= 15 is 0 Å². The van der Waals surface area contributed by atoms with Crippen molar-refractivity contribution >= 4 is 34.2 Å². The molecule has 1 amide bonds. The number of ether oxygens (including phenoxy) is 1. The Bertz CT molecular complexity index is 1030. The first kappa shape index (κ1) is 17.9. The van der Waals surface area contributed by atoms with Gasteiger partial charge in [0, 0.05) is 17.1 Å². The van der Waals surface area contributed by atoms with E-state index in [4.69, 9.17) is 20.8 Å². The predicted molar refractivity (Wildman–Crippen MR) is 100 cm³/mol. The van der Waals surface area contributed by atoms with Gasteiger partial charge >= 0.3 is 5.63 Å². The fourth-order valence-electron chi connectivity index (χ4n) is 2.73. The van der Waals surface area contributed by atoms with Crippen molar-refractivity contribution < 1.29 is 13.9 Å². The van der Waals surface area contributed by atoms with E-state index < -0.39 is 11.5 Å². The lowest BCUT2D eigenvalue weighted by molar-refractivity contribution is 0.102. The number of nitrogens with one attached hydrogen (secondary N) is 1. The molecule has 0 radical (unpaired) electrons. The number of aryl methyl sites for hydroxylation is 1. The van der Waals surface area contributed by atoms with Gasteiger partial charge in [-0.1, -0.05) is 24.9 Å². The number of carbonyl (C=O) groups excluding carboxylic acids is 1. The normalized spacial score (nSPS) is 10.7. The lowest BCUT2D eigenvalue weighted by Crippen LogP contribution is -2.21. The average molecular weight is 373 g/mol. The molecule has 0 aliphatic rings. The van der Waals surface area contributed by atoms with Crippen LogP contribution in [0, 0.1) is 0 Å². The number of fused-ring (bicyclic) bond motifs is 1. The molecule has 0 bridgehead atoms. The Balaban J connectivity index is 2.05. The molecule has 1 aromatic carbocycles. The number of aromatic nitrogens is 1. The molecule has 2 heterocycles. The Hall–Kier alpha value is -2.86. The van der Waals surface area contributed by atoms with Crippen LogP contribution in [-0.2, 0) is 6.42 Å². The van der Waals surface area contributed by atoms with Gasteiger partial charge < -0.3 is 14.5 Å². The number of methoxy groups -OCH3 is 1. The third-order valence-electron chi connectivity index (χ3n) is 3.93. The number of nitrogens with zero attached hydrogens (tertiary/aromatic N) is 1. The molecule has 26 heavy (non-hydrogen) atoms. The molecule has 3 aromatic rings. The summed E-state index contributed by atoms with van der Waals surface area (Å²) in [7, 11) is 1.57. The third-order valence-corrected chi connectivity index (χ3v) is 4.24. The first-order chi connectivity index (χ1) is 12.5. The summed E-state index contributed by atoms with van der Waals surface area (Å²) in [5.41, 5.74) is 0.741. The van der Waals surface area contributed by atoms with E-state index in [1.54, 1.807) is 31.4 Å². The lowest BCUT2D eigenvalue weighted by atomic mass is 10.0. The molecule has 0 aliphatic heterocycles. The van der Waals surface area contributed by atoms with Crippen LogP contribution < -0.4 is 15.7 Å². The molecule has 3 rings (SSSR count). The van der Waals surface area contributed by atoms with Crippen molar-refractivity contribution in [3.8, 4) is 5.75 Å². The van der Waals surface area contributed by atoms with Crippen molar-refractivity contribution in [3.63, 3.8) is 0 Å². The largest absolute Gasteiger partial charge is 0.496 e. The van der Waals surface area contributed by atoms with Gasteiger partial charge in [-0.2, -0.15) is 0 Å². The van der Waals surface area contributed by atoms with Crippen LogP contribution in [0.1, 0.15) is 29.3 Å². The van der Waals surface area contributed by atoms with Crippen molar-refractivity contribution in [3.05, 3.63) is 63.2 Å². The second-order valence-electron chi connectivity index (χ2n) is 5.66. The summed E-state index contributed by atoms with van der Waals surface area (Å²) in [4.78, 5) is 28.8. The van der Waals surface area contributed by atoms with E-state index in [1.165, 1.54) is 12.3 Å². The zero-order valence-electron chi connectivity index (χ0n) is 14.3. The Morgan fingerprint density at radius 1 is 1.35 bits per heavy atom. The summed E-state index contributed by atoms with van der Waals surface area (Å²) < 4.78 is 10.8. The van der Waals surface area contributed by atoms with E-state index in [2.05, 4.69) is 10.3 Å². The van der Waals surface area contributed by atoms with E-state index in [9.17, 15) is 9.59 Å². The molecule has 6 nitrogen and oxygen atoms in total. The number of amides is 1. The minimum atomic E-state index is -0.722. The number of rotatable bonds is 5. The fourth-order valence-corrected chi connectivity index (χ4v) is 2.90. The number of hydrogen-bond acceptors (Lipinski definition) is 5. The van der Waals surface area contributed by atoms with Crippen LogP contribution in [0.4, 0.5) is 5.69 Å². The van der Waals surface area contributed by atoms with Gasteiger partial charge in [-0.3, -0.25) is 4.79 Å². The van der Waals surface area contributed by atoms with Crippen LogP contribution in [0.15, 0.2) is 45.7 Å². The molecule has 0 saturated heterocycles. The number of carbonyl (C=O) groups is 1. The maximum absolute atomic E-state index is 12.5. The van der Waals surface area contributed by atoms with Gasteiger partial charge in [0.05, 0.1) is 12.8 Å². The van der Waals surface area contributed by atoms with Crippen LogP contribution in [0.2, 0.25) is 5.15 Å². The van der Waals surface area contributed by atoms with Gasteiger partial charge in [0.1, 0.15) is 16.9 Å². The number of hydrogen-bond donors (Lipinski definition) is 1. The lowest BCUT2D eigenvalue weighted by Gasteiger charge is -2.11. The number of pyridine rings is 1. The van der Waals surface area contributed by atoms with Crippen molar-refractivity contribution in [1.82, 2.24) is 4.98 Å². The highest BCUT2D eigenvalue weighted by molar-refractivity contribution is 6.32. The molecule has 7 heteroatoms. The zero-order valence-corrected chi connectivity index (χ0v) is 15.1. The number of anilines is 1. The number of halogens is 1. The first-order valence-corrected chi connectivity index (χ1v) is 8.48. The molecule has 0 saturated carbocycles. The molecule has 0 spiro atoms. The van der Waals surface area contributed by atoms with Crippen LogP contribution in [-0.4, -0.2) is 18.0 Å². The van der Waals surface area contributed by atoms with Crippen LogP contribution >= 0.6 is 11.6 Å². The Labute approximate surface area is 154 Å². The minimum Gasteiger partial charge on any atom is -0.496 e. The molecule has 2 aromatic heterocycles. The summed E-state index contributed by atoms with van der Waals surface area (Å²) in [5.74, 6) is 0.0465. The zero-order chi connectivity index (χ0) is 18.7. The van der Waals surface area contributed by atoms with Gasteiger partial charge in [0.25, 0.3) is 5.91 Å². The summed E-state index contributed by atoms with van der Waals surface area (Å²) in [6.45, 7) is 2.02. The van der Waals surface area contributed by atoms with Crippen LogP contribution in [0.5, 0.6) is 5.75 Å². The van der Waals surface area contributed by atoms with Crippen molar-refractivity contribution in [1.29, 1.82) is 0 Å². The quantitative estimate of drug-likeness (QED) is 0.539. The second kappa shape index (κ2) is 7.58. The third kappa shape index (κ3) is 3.41. The maximum atomic E-state index is 12.5. The molecule has 0 aliphatic carbocycles. The summed E-state index contributed by atoms with van der Waals surface area (Å²) in [5, 5.41) is 3.37. The predicted octanol–water partition coefficient (Wildman–Crippen LogP) is 4.05. The summed E-state index contributed by atoms with van der Waals surface area (Å²) in [6.07, 6.45) is 3.06. The molecular formula is C19H17ClN2O4. The van der Waals surface area contributed by atoms with Gasteiger partial charge in [-0.25, -0.2) is 9.78 Å². The molecule has 134 valence electrons. The SMILES string of the molecule is CCCc1c(OC)ccc2cc(C(=O)Nc3cccnc3Cl)c(=O)oc12. The number of benzene rings is 1. The van der Waals surface area contributed by atoms with Gasteiger partial charge in [-0.15, -0.1) is 0 Å². The Kier molecular flexibility index (Phi) is 5.23. The smallest absolute Gasteiger partial charge is 0.349 e. The standard InChI is InChI=1S/C19H17ClN2O4/c1-3-5-12-15(25-2)8-7-11-10-13(19(24)26-16(11)12)18(23)22-14-6-4-9-21-17(14)20/h4,6-10H,3,5H2,1-2H3,(H,22,23). The highest BCUT2D eigenvalue weighted by Crippen LogP contribution is 2.29. The molecule has 0 unspecified atom stereocenters. The van der Waals surface area contributed by atoms with E-state index in [0.29, 0.717) is 28.8 Å². The highest BCUT2D eigenvalue weighted by atomic mass is 35.5. The van der Waals surface area contributed by atoms with Crippen LogP contribution in [0.25, 0.3) is 11.0 Å². The molecular weight excluding hydrogens is 356 g/mol. The highest BCUT2D eigenvalue weighted by Gasteiger charge is 2.18. The Morgan fingerprint density at radius 2 is 2.15 bits per heavy atom. The van der Waals surface area contributed by atoms with Gasteiger partial charge in [0.2, 0.25) is 0 Å². The summed E-state index contributed by atoms with van der Waals surface area (Å²) in [6, 6.07) is 8.30. The monoisotopic (exact) mass is 372 g/mol. The first-order valence-electron chi connectivity index (χ1n) is 8.10. The van der Waals surface area contributed by atoms with Gasteiger partial charge in [0.15, 0.2) is 5.15 Å². The maximum Gasteiger partial charge on any atom is 0.349 e. The van der Waals surface area contributed by atoms with E-state index in [0.717, 1.165) is 12.0 Å². The van der Waals surface area contributed by atoms with E-state index in [1.807, 2.05) is 6.92 Å². The average Bonchev–Trinajstić information content (AvgIpc) is 2.63. The van der Waals surface area contributed by atoms with Crippen molar-refractivity contribution in [2.75, 3.05) is 12.4 Å². The Morgan fingerprint density at radius 3 is 2.85 bits per heavy atom. The van der Waals surface area contributed by atoms with E-state index in [-0.39, 0.29) is 10.7 Å². The minimum absolute atomic E-state index is 0.106. The summed E-state index contributed by atoms with van der Waals surface area (Å²) >= 11 is 5.94. The fraction of sp³-hybridized carbons (Fsp3) is 0.211. The van der Waals surface area contributed by atoms with Crippen LogP contribution in [0.3, 0.4) is 0 Å². The van der Waals surface area contributed by atoms with Gasteiger partial charge in [-0.05, 0) is 36.8 Å². The van der Waals surface area contributed by atoms with Crippen molar-refractivity contribution in [2.45, 2.75) is 19.8 Å². The molecule has 0 fully saturated rings. The molecule has 0 atom stereocenters. The topological polar surface area (TPSA) is 81.4 Å². The van der Waals surface area contributed by atoms with Crippen molar-refractivity contribution in [2.24, 2.45) is 0 Å². The second-order valence-corrected chi connectivity index (χ2v) is 6.02. The molecule has 1 N–H and O–H groups in total.